The quantitative estimate of drug-likeness (QED) is 0.873. The Bertz CT molecular complexity index is 514. The number of halogens is 2. The van der Waals surface area contributed by atoms with E-state index in [4.69, 9.17) is 5.73 Å². The van der Waals surface area contributed by atoms with Crippen molar-refractivity contribution in [3.8, 4) is 0 Å². The molecule has 0 aliphatic carbocycles. The van der Waals surface area contributed by atoms with E-state index in [-0.39, 0.29) is 6.04 Å². The third-order valence-electron chi connectivity index (χ3n) is 3.99. The third kappa shape index (κ3) is 3.32. The Morgan fingerprint density at radius 3 is 2.71 bits per heavy atom. The number of nitrogens with two attached hydrogens (primary N) is 1. The number of rotatable bonds is 6. The molecule has 0 saturated heterocycles. The molecular formula is C15H22F2N4. The van der Waals surface area contributed by atoms with Gasteiger partial charge in [0.15, 0.2) is 17.6 Å². The number of benzene rings is 1. The smallest absolute Gasteiger partial charge is 0.191 e. The van der Waals surface area contributed by atoms with Crippen molar-refractivity contribution in [3.63, 3.8) is 0 Å². The summed E-state index contributed by atoms with van der Waals surface area (Å²) in [4.78, 5) is 8.30. The van der Waals surface area contributed by atoms with E-state index < -0.39 is 11.6 Å². The van der Waals surface area contributed by atoms with E-state index >= 15 is 0 Å². The summed E-state index contributed by atoms with van der Waals surface area (Å²) in [6.07, 6.45) is 0. The Balaban J connectivity index is 2.14. The molecule has 2 rings (SSSR count). The van der Waals surface area contributed by atoms with Crippen LogP contribution in [0.1, 0.15) is 25.5 Å². The minimum absolute atomic E-state index is 0.318. The summed E-state index contributed by atoms with van der Waals surface area (Å²) in [5.41, 5.74) is 6.22. The zero-order valence-electron chi connectivity index (χ0n) is 12.5. The molecule has 1 aromatic carbocycles. The summed E-state index contributed by atoms with van der Waals surface area (Å²) in [6.45, 7) is 7.91. The molecule has 2 N–H and O–H groups in total. The fourth-order valence-electron chi connectivity index (χ4n) is 2.63. The SMILES string of the molecule is CCN(CC)CCN1C(N)=NCC1c1cccc(F)c1F. The van der Waals surface area contributed by atoms with Crippen LogP contribution >= 0.6 is 0 Å². The molecule has 1 heterocycles. The van der Waals surface area contributed by atoms with Gasteiger partial charge in [0.05, 0.1) is 12.6 Å². The first-order valence-electron chi connectivity index (χ1n) is 7.31. The van der Waals surface area contributed by atoms with E-state index in [2.05, 4.69) is 23.7 Å². The lowest BCUT2D eigenvalue weighted by Gasteiger charge is -2.29. The maximum absolute atomic E-state index is 14.0. The van der Waals surface area contributed by atoms with Crippen LogP contribution in [0.3, 0.4) is 0 Å². The molecule has 1 atom stereocenters. The highest BCUT2D eigenvalue weighted by Crippen LogP contribution is 2.28. The first-order valence-corrected chi connectivity index (χ1v) is 7.31. The molecule has 0 radical (unpaired) electrons. The molecule has 1 aliphatic heterocycles. The average Bonchev–Trinajstić information content (AvgIpc) is 2.84. The molecule has 116 valence electrons. The minimum atomic E-state index is -0.832. The van der Waals surface area contributed by atoms with Gasteiger partial charge in [0, 0.05) is 18.7 Å². The van der Waals surface area contributed by atoms with Gasteiger partial charge in [-0.3, -0.25) is 4.99 Å². The van der Waals surface area contributed by atoms with Crippen LogP contribution in [0.15, 0.2) is 23.2 Å². The Morgan fingerprint density at radius 1 is 1.33 bits per heavy atom. The number of hydrogen-bond donors (Lipinski definition) is 1. The van der Waals surface area contributed by atoms with E-state index in [1.54, 1.807) is 6.07 Å². The summed E-state index contributed by atoms with van der Waals surface area (Å²) in [5.74, 6) is -1.24. The summed E-state index contributed by atoms with van der Waals surface area (Å²) in [7, 11) is 0. The second-order valence-electron chi connectivity index (χ2n) is 5.08. The van der Waals surface area contributed by atoms with E-state index in [0.29, 0.717) is 24.6 Å². The summed E-state index contributed by atoms with van der Waals surface area (Å²) >= 11 is 0. The van der Waals surface area contributed by atoms with Gasteiger partial charge in [0.2, 0.25) is 0 Å². The van der Waals surface area contributed by atoms with Gasteiger partial charge in [-0.25, -0.2) is 8.78 Å². The highest BCUT2D eigenvalue weighted by atomic mass is 19.2. The monoisotopic (exact) mass is 296 g/mol. The summed E-state index contributed by atoms with van der Waals surface area (Å²) < 4.78 is 27.4. The van der Waals surface area contributed by atoms with Crippen molar-refractivity contribution in [2.45, 2.75) is 19.9 Å². The molecule has 0 amide bonds. The first-order chi connectivity index (χ1) is 10.1. The second kappa shape index (κ2) is 6.85. The largest absolute Gasteiger partial charge is 0.370 e. The van der Waals surface area contributed by atoms with E-state index in [9.17, 15) is 8.78 Å². The Labute approximate surface area is 124 Å². The van der Waals surface area contributed by atoms with Crippen molar-refractivity contribution in [3.05, 3.63) is 35.4 Å². The molecule has 0 fully saturated rings. The molecule has 1 aromatic rings. The molecule has 6 heteroatoms. The van der Waals surface area contributed by atoms with Gasteiger partial charge in [-0.1, -0.05) is 26.0 Å². The Hall–Kier alpha value is -1.69. The third-order valence-corrected chi connectivity index (χ3v) is 3.99. The molecule has 0 spiro atoms. The van der Waals surface area contributed by atoms with Gasteiger partial charge in [-0.15, -0.1) is 0 Å². The van der Waals surface area contributed by atoms with Crippen LogP contribution in [-0.4, -0.2) is 48.5 Å². The number of aliphatic imine (C=N–C) groups is 1. The second-order valence-corrected chi connectivity index (χ2v) is 5.08. The lowest BCUT2D eigenvalue weighted by Crippen LogP contribution is -2.41. The van der Waals surface area contributed by atoms with Gasteiger partial charge < -0.3 is 15.5 Å². The lowest BCUT2D eigenvalue weighted by atomic mass is 10.1. The van der Waals surface area contributed by atoms with Crippen molar-refractivity contribution in [2.24, 2.45) is 10.7 Å². The molecule has 0 bridgehead atoms. The fourth-order valence-corrected chi connectivity index (χ4v) is 2.63. The zero-order valence-corrected chi connectivity index (χ0v) is 12.5. The van der Waals surface area contributed by atoms with Gasteiger partial charge in [-0.2, -0.15) is 0 Å². The average molecular weight is 296 g/mol. The van der Waals surface area contributed by atoms with E-state index in [1.807, 2.05) is 4.90 Å². The van der Waals surface area contributed by atoms with Gasteiger partial charge in [0.25, 0.3) is 0 Å². The highest BCUT2D eigenvalue weighted by Gasteiger charge is 2.30. The maximum atomic E-state index is 14.0. The molecule has 1 aliphatic rings. The molecule has 1 unspecified atom stereocenters. The van der Waals surface area contributed by atoms with Crippen molar-refractivity contribution in [1.82, 2.24) is 9.80 Å². The van der Waals surface area contributed by atoms with Crippen LogP contribution in [0.5, 0.6) is 0 Å². The predicted octanol–water partition coefficient (Wildman–Crippen LogP) is 1.98. The van der Waals surface area contributed by atoms with Crippen LogP contribution < -0.4 is 5.73 Å². The van der Waals surface area contributed by atoms with Gasteiger partial charge in [0.1, 0.15) is 0 Å². The van der Waals surface area contributed by atoms with Crippen LogP contribution in [0, 0.1) is 11.6 Å². The van der Waals surface area contributed by atoms with Crippen LogP contribution in [0.4, 0.5) is 8.78 Å². The van der Waals surface area contributed by atoms with Crippen molar-refractivity contribution < 1.29 is 8.78 Å². The number of hydrogen-bond acceptors (Lipinski definition) is 4. The Morgan fingerprint density at radius 2 is 2.05 bits per heavy atom. The standard InChI is InChI=1S/C15H22F2N4/c1-3-20(4-2)8-9-21-13(10-19-15(21)18)11-6-5-7-12(16)14(11)17/h5-7,13H,3-4,8-10H2,1-2H3,(H2,18,19). The maximum Gasteiger partial charge on any atom is 0.191 e. The first kappa shape index (κ1) is 15.7. The van der Waals surface area contributed by atoms with Crippen molar-refractivity contribution in [1.29, 1.82) is 0 Å². The predicted molar refractivity (Wildman–Crippen MR) is 80.1 cm³/mol. The van der Waals surface area contributed by atoms with Crippen LogP contribution in [0.25, 0.3) is 0 Å². The van der Waals surface area contributed by atoms with E-state index in [0.717, 1.165) is 25.7 Å². The fraction of sp³-hybridized carbons (Fsp3) is 0.533. The minimum Gasteiger partial charge on any atom is -0.370 e. The molecule has 4 nitrogen and oxygen atoms in total. The molecule has 0 aromatic heterocycles. The molecule has 0 saturated carbocycles. The van der Waals surface area contributed by atoms with E-state index in [1.165, 1.54) is 6.07 Å². The lowest BCUT2D eigenvalue weighted by molar-refractivity contribution is 0.246. The van der Waals surface area contributed by atoms with Crippen molar-refractivity contribution in [2.75, 3.05) is 32.7 Å². The number of likely N-dealkylation sites (N-methyl/N-ethyl adjacent to an activating group) is 1. The van der Waals surface area contributed by atoms with Crippen LogP contribution in [-0.2, 0) is 0 Å². The molecule has 21 heavy (non-hydrogen) atoms. The summed E-state index contributed by atoms with van der Waals surface area (Å²) in [6, 6.07) is 3.92. The zero-order chi connectivity index (χ0) is 15.4. The highest BCUT2D eigenvalue weighted by molar-refractivity contribution is 5.80. The van der Waals surface area contributed by atoms with Crippen molar-refractivity contribution >= 4 is 5.96 Å². The van der Waals surface area contributed by atoms with Crippen LogP contribution in [0.2, 0.25) is 0 Å². The summed E-state index contributed by atoms with van der Waals surface area (Å²) in [5, 5.41) is 0. The van der Waals surface area contributed by atoms with Gasteiger partial charge >= 0.3 is 0 Å². The van der Waals surface area contributed by atoms with Gasteiger partial charge in [-0.05, 0) is 19.2 Å². The number of guanidine groups is 1. The Kier molecular flexibility index (Phi) is 5.12. The normalized spacial score (nSPS) is 18.4. The molecular weight excluding hydrogens is 274 g/mol. The number of nitrogens with zero attached hydrogens (tertiary/aromatic N) is 3. The topological polar surface area (TPSA) is 44.9 Å².